The number of hydrogen-bond donors (Lipinski definition) is 2. The maximum atomic E-state index is 12.2. The highest BCUT2D eigenvalue weighted by molar-refractivity contribution is 5.98. The molecule has 0 saturated heterocycles. The zero-order valence-corrected chi connectivity index (χ0v) is 16.8. The van der Waals surface area contributed by atoms with E-state index >= 15 is 0 Å². The lowest BCUT2D eigenvalue weighted by Gasteiger charge is -2.11. The van der Waals surface area contributed by atoms with Crippen LogP contribution in [0.25, 0.3) is 5.65 Å². The number of fused-ring (bicyclic) bond motifs is 1. The highest BCUT2D eigenvalue weighted by Gasteiger charge is 2.17. The third-order valence-electron chi connectivity index (χ3n) is 4.75. The van der Waals surface area contributed by atoms with Gasteiger partial charge in [0.25, 0.3) is 5.91 Å². The lowest BCUT2D eigenvalue weighted by atomic mass is 10.1. The molecule has 9 heteroatoms. The average molecular weight is 409 g/mol. The molecule has 1 aromatic carbocycles. The molecule has 0 aliphatic rings. The van der Waals surface area contributed by atoms with Crippen LogP contribution in [-0.4, -0.2) is 38.9 Å². The van der Waals surface area contributed by atoms with E-state index in [-0.39, 0.29) is 31.0 Å². The van der Waals surface area contributed by atoms with Gasteiger partial charge < -0.3 is 15.8 Å². The molecular formula is C21H23N5O4. The summed E-state index contributed by atoms with van der Waals surface area (Å²) in [6, 6.07) is 9.31. The molecule has 2 heterocycles. The van der Waals surface area contributed by atoms with Crippen LogP contribution in [0, 0.1) is 13.8 Å². The lowest BCUT2D eigenvalue weighted by molar-refractivity contribution is -0.145. The fourth-order valence-corrected chi connectivity index (χ4v) is 3.13. The molecule has 0 fully saturated rings. The number of aryl methyl sites for hydroxylation is 2. The maximum absolute atomic E-state index is 12.2. The Morgan fingerprint density at radius 1 is 1.17 bits per heavy atom. The molecular weight excluding hydrogens is 386 g/mol. The summed E-state index contributed by atoms with van der Waals surface area (Å²) in [5, 5.41) is 6.73. The number of esters is 1. The van der Waals surface area contributed by atoms with E-state index in [0.717, 1.165) is 16.8 Å². The van der Waals surface area contributed by atoms with Crippen LogP contribution in [0.1, 0.15) is 39.3 Å². The highest BCUT2D eigenvalue weighted by atomic mass is 16.5. The van der Waals surface area contributed by atoms with Crippen LogP contribution in [0.4, 0.5) is 0 Å². The minimum absolute atomic E-state index is 0.163. The Hall–Kier alpha value is -3.75. The summed E-state index contributed by atoms with van der Waals surface area (Å²) in [6.07, 6.45) is 1.97. The van der Waals surface area contributed by atoms with Crippen molar-refractivity contribution in [1.82, 2.24) is 19.9 Å². The van der Waals surface area contributed by atoms with Crippen LogP contribution in [0.3, 0.4) is 0 Å². The van der Waals surface area contributed by atoms with Crippen LogP contribution in [0.15, 0.2) is 36.5 Å². The lowest BCUT2D eigenvalue weighted by Crippen LogP contribution is -2.30. The number of primary amides is 1. The van der Waals surface area contributed by atoms with Crippen molar-refractivity contribution >= 4 is 23.4 Å². The van der Waals surface area contributed by atoms with Gasteiger partial charge in [0.2, 0.25) is 5.91 Å². The van der Waals surface area contributed by atoms with Gasteiger partial charge in [-0.2, -0.15) is 5.10 Å². The van der Waals surface area contributed by atoms with Gasteiger partial charge in [-0.25, -0.2) is 9.50 Å². The van der Waals surface area contributed by atoms with Gasteiger partial charge in [-0.3, -0.25) is 14.4 Å². The predicted molar refractivity (Wildman–Crippen MR) is 109 cm³/mol. The monoisotopic (exact) mass is 409 g/mol. The summed E-state index contributed by atoms with van der Waals surface area (Å²) >= 11 is 0. The van der Waals surface area contributed by atoms with E-state index in [9.17, 15) is 14.4 Å². The van der Waals surface area contributed by atoms with E-state index in [1.54, 1.807) is 11.4 Å². The van der Waals surface area contributed by atoms with Crippen molar-refractivity contribution in [3.8, 4) is 0 Å². The van der Waals surface area contributed by atoms with Crippen LogP contribution < -0.4 is 11.1 Å². The first kappa shape index (κ1) is 21.0. The van der Waals surface area contributed by atoms with Gasteiger partial charge in [-0.05, 0) is 31.4 Å². The number of aromatic nitrogens is 3. The van der Waals surface area contributed by atoms with E-state index in [4.69, 9.17) is 10.5 Å². The summed E-state index contributed by atoms with van der Waals surface area (Å²) in [5.41, 5.74) is 9.19. The Balaban J connectivity index is 1.53. The first-order valence-electron chi connectivity index (χ1n) is 9.46. The molecule has 2 amide bonds. The van der Waals surface area contributed by atoms with Crippen molar-refractivity contribution < 1.29 is 19.1 Å². The number of hydrogen-bond acceptors (Lipinski definition) is 6. The molecule has 0 aliphatic carbocycles. The minimum atomic E-state index is -0.595. The van der Waals surface area contributed by atoms with Gasteiger partial charge in [0.1, 0.15) is 18.7 Å². The predicted octanol–water partition coefficient (Wildman–Crippen LogP) is 1.24. The Labute approximate surface area is 173 Å². The summed E-state index contributed by atoms with van der Waals surface area (Å²) in [7, 11) is 0. The summed E-state index contributed by atoms with van der Waals surface area (Å²) in [6.45, 7) is 3.62. The minimum Gasteiger partial charge on any atom is -0.460 e. The Kier molecular flexibility index (Phi) is 6.41. The number of carbonyl (C=O) groups excluding carboxylic acids is 3. The van der Waals surface area contributed by atoms with Gasteiger partial charge in [0, 0.05) is 17.8 Å². The molecule has 2 aromatic heterocycles. The van der Waals surface area contributed by atoms with Gasteiger partial charge in [0.15, 0.2) is 5.65 Å². The first-order valence-corrected chi connectivity index (χ1v) is 9.46. The molecule has 3 rings (SSSR count). The summed E-state index contributed by atoms with van der Waals surface area (Å²) in [4.78, 5) is 39.9. The second kappa shape index (κ2) is 9.17. The molecule has 0 unspecified atom stereocenters. The van der Waals surface area contributed by atoms with E-state index in [0.29, 0.717) is 17.8 Å². The summed E-state index contributed by atoms with van der Waals surface area (Å²) in [5.74, 6) is -1.37. The number of nitrogens with one attached hydrogen (secondary N) is 1. The van der Waals surface area contributed by atoms with E-state index in [1.807, 2.05) is 37.3 Å². The first-order chi connectivity index (χ1) is 14.4. The molecule has 0 spiro atoms. The van der Waals surface area contributed by atoms with E-state index in [2.05, 4.69) is 15.4 Å². The van der Waals surface area contributed by atoms with E-state index < -0.39 is 11.9 Å². The Bertz CT molecular complexity index is 1090. The quantitative estimate of drug-likeness (QED) is 0.539. The second-order valence-corrected chi connectivity index (χ2v) is 6.84. The molecule has 0 saturated carbocycles. The third kappa shape index (κ3) is 4.80. The van der Waals surface area contributed by atoms with Crippen molar-refractivity contribution in [2.75, 3.05) is 6.54 Å². The van der Waals surface area contributed by atoms with Crippen molar-refractivity contribution in [3.05, 3.63) is 64.6 Å². The second-order valence-electron chi connectivity index (χ2n) is 6.84. The number of nitrogens with two attached hydrogens (primary N) is 1. The van der Waals surface area contributed by atoms with Crippen molar-refractivity contribution in [1.29, 1.82) is 0 Å². The number of benzene rings is 1. The van der Waals surface area contributed by atoms with Crippen molar-refractivity contribution in [3.63, 3.8) is 0 Å². The zero-order chi connectivity index (χ0) is 21.7. The molecule has 30 heavy (non-hydrogen) atoms. The fraction of sp³-hybridized carbons (Fsp3) is 0.286. The van der Waals surface area contributed by atoms with Crippen LogP contribution in [-0.2, 0) is 27.4 Å². The SMILES string of the molecule is Cc1nc2c(C(N)=O)cnn2c(C)c1CCC(=O)NCC(=O)OCc1ccccc1. The Morgan fingerprint density at radius 2 is 1.90 bits per heavy atom. The summed E-state index contributed by atoms with van der Waals surface area (Å²) < 4.78 is 6.68. The molecule has 0 radical (unpaired) electrons. The smallest absolute Gasteiger partial charge is 0.325 e. The molecule has 9 nitrogen and oxygen atoms in total. The number of ether oxygens (including phenoxy) is 1. The molecule has 156 valence electrons. The molecule has 0 aliphatic heterocycles. The van der Waals surface area contributed by atoms with Gasteiger partial charge in [-0.1, -0.05) is 30.3 Å². The number of nitrogens with zero attached hydrogens (tertiary/aromatic N) is 3. The topological polar surface area (TPSA) is 129 Å². The number of amides is 2. The Morgan fingerprint density at radius 3 is 2.60 bits per heavy atom. The third-order valence-corrected chi connectivity index (χ3v) is 4.75. The largest absolute Gasteiger partial charge is 0.460 e. The van der Waals surface area contributed by atoms with Crippen molar-refractivity contribution in [2.45, 2.75) is 33.3 Å². The maximum Gasteiger partial charge on any atom is 0.325 e. The van der Waals surface area contributed by atoms with Gasteiger partial charge >= 0.3 is 5.97 Å². The standard InChI is InChI=1S/C21H23N5O4/c1-13-16(14(2)26-21(25-13)17(10-24-26)20(22)29)8-9-18(27)23-11-19(28)30-12-15-6-4-3-5-7-15/h3-7,10H,8-9,11-12H2,1-2H3,(H2,22,29)(H,23,27). The normalized spacial score (nSPS) is 10.7. The van der Waals surface area contributed by atoms with Crippen LogP contribution in [0.2, 0.25) is 0 Å². The van der Waals surface area contributed by atoms with Gasteiger partial charge in [-0.15, -0.1) is 0 Å². The molecule has 3 aromatic rings. The highest BCUT2D eigenvalue weighted by Crippen LogP contribution is 2.18. The van der Waals surface area contributed by atoms with Crippen LogP contribution >= 0.6 is 0 Å². The molecule has 0 bridgehead atoms. The number of rotatable bonds is 8. The number of carbonyl (C=O) groups is 3. The average Bonchev–Trinajstić information content (AvgIpc) is 3.15. The fourth-order valence-electron chi connectivity index (χ4n) is 3.13. The zero-order valence-electron chi connectivity index (χ0n) is 16.8. The van der Waals surface area contributed by atoms with Gasteiger partial charge in [0.05, 0.1) is 6.20 Å². The molecule has 3 N–H and O–H groups in total. The molecule has 0 atom stereocenters. The van der Waals surface area contributed by atoms with Crippen LogP contribution in [0.5, 0.6) is 0 Å². The van der Waals surface area contributed by atoms with E-state index in [1.165, 1.54) is 6.20 Å². The van der Waals surface area contributed by atoms with Crippen molar-refractivity contribution in [2.24, 2.45) is 5.73 Å².